The first-order valence-electron chi connectivity index (χ1n) is 4.34. The molecule has 14 heavy (non-hydrogen) atoms. The summed E-state index contributed by atoms with van der Waals surface area (Å²) in [6.07, 6.45) is 2.29. The van der Waals surface area contributed by atoms with Gasteiger partial charge in [-0.05, 0) is 34.5 Å². The molecule has 1 aromatic rings. The quantitative estimate of drug-likeness (QED) is 0.723. The third-order valence-electron chi connectivity index (χ3n) is 2.02. The highest BCUT2D eigenvalue weighted by Gasteiger charge is 2.21. The second-order valence-corrected chi connectivity index (χ2v) is 3.84. The van der Waals surface area contributed by atoms with Crippen LogP contribution < -0.4 is 4.74 Å². The molecule has 1 aromatic heterocycles. The molecule has 0 saturated carbocycles. The summed E-state index contributed by atoms with van der Waals surface area (Å²) in [6.45, 7) is 1.59. The molecule has 0 atom stereocenters. The molecule has 2 heterocycles. The van der Waals surface area contributed by atoms with Gasteiger partial charge in [-0.1, -0.05) is 0 Å². The highest BCUT2D eigenvalue weighted by atomic mass is 79.9. The van der Waals surface area contributed by atoms with Gasteiger partial charge in [0.25, 0.3) is 0 Å². The standard InChI is InChI=1S/C9H9BrN2O2/c10-8-3-2-7(6-11-8)14-9(13)12-4-1-5-12/h2-3,6H,1,4-5H2. The molecule has 0 bridgehead atoms. The summed E-state index contributed by atoms with van der Waals surface area (Å²) in [5, 5.41) is 0. The van der Waals surface area contributed by atoms with Gasteiger partial charge in [0.2, 0.25) is 0 Å². The molecule has 4 nitrogen and oxygen atoms in total. The minimum atomic E-state index is -0.291. The molecule has 1 amide bonds. The number of hydrogen-bond donors (Lipinski definition) is 0. The predicted molar refractivity (Wildman–Crippen MR) is 54.2 cm³/mol. The SMILES string of the molecule is O=C(Oc1ccc(Br)nc1)N1CCC1. The maximum atomic E-state index is 11.3. The van der Waals surface area contributed by atoms with E-state index in [0.29, 0.717) is 5.75 Å². The average molecular weight is 257 g/mol. The van der Waals surface area contributed by atoms with Crippen LogP contribution in [-0.2, 0) is 0 Å². The van der Waals surface area contributed by atoms with Crippen molar-refractivity contribution in [3.05, 3.63) is 22.9 Å². The fraction of sp³-hybridized carbons (Fsp3) is 0.333. The first kappa shape index (κ1) is 9.45. The Morgan fingerprint density at radius 1 is 1.50 bits per heavy atom. The Hall–Kier alpha value is -1.10. The van der Waals surface area contributed by atoms with E-state index in [1.165, 1.54) is 6.20 Å². The van der Waals surface area contributed by atoms with Crippen LogP contribution in [0.4, 0.5) is 4.79 Å². The zero-order chi connectivity index (χ0) is 9.97. The molecule has 0 unspecified atom stereocenters. The largest absolute Gasteiger partial charge is 0.415 e. The monoisotopic (exact) mass is 256 g/mol. The molecular weight excluding hydrogens is 248 g/mol. The summed E-state index contributed by atoms with van der Waals surface area (Å²) in [5.41, 5.74) is 0. The number of rotatable bonds is 1. The molecule has 1 aliphatic heterocycles. The molecule has 0 aromatic carbocycles. The van der Waals surface area contributed by atoms with Gasteiger partial charge in [0.1, 0.15) is 4.60 Å². The Balaban J connectivity index is 1.96. The van der Waals surface area contributed by atoms with Crippen molar-refractivity contribution in [2.24, 2.45) is 0 Å². The number of carbonyl (C=O) groups excluding carboxylic acids is 1. The molecule has 1 aliphatic rings. The van der Waals surface area contributed by atoms with Crippen molar-refractivity contribution >= 4 is 22.0 Å². The van der Waals surface area contributed by atoms with E-state index in [-0.39, 0.29) is 6.09 Å². The Morgan fingerprint density at radius 3 is 2.79 bits per heavy atom. The van der Waals surface area contributed by atoms with Crippen LogP contribution in [-0.4, -0.2) is 29.1 Å². The number of hydrogen-bond acceptors (Lipinski definition) is 3. The number of halogens is 1. The van der Waals surface area contributed by atoms with Crippen molar-refractivity contribution in [3.63, 3.8) is 0 Å². The maximum Gasteiger partial charge on any atom is 0.415 e. The predicted octanol–water partition coefficient (Wildman–Crippen LogP) is 2.05. The number of nitrogens with zero attached hydrogens (tertiary/aromatic N) is 2. The number of ether oxygens (including phenoxy) is 1. The molecule has 1 saturated heterocycles. The van der Waals surface area contributed by atoms with Gasteiger partial charge in [-0.3, -0.25) is 0 Å². The van der Waals surface area contributed by atoms with Crippen molar-refractivity contribution in [3.8, 4) is 5.75 Å². The van der Waals surface area contributed by atoms with Crippen LogP contribution in [0.3, 0.4) is 0 Å². The highest BCUT2D eigenvalue weighted by Crippen LogP contribution is 2.15. The average Bonchev–Trinajstić information content (AvgIpc) is 2.06. The lowest BCUT2D eigenvalue weighted by Crippen LogP contribution is -2.43. The van der Waals surface area contributed by atoms with Crippen LogP contribution in [0.15, 0.2) is 22.9 Å². The summed E-state index contributed by atoms with van der Waals surface area (Å²) >= 11 is 3.20. The van der Waals surface area contributed by atoms with E-state index in [4.69, 9.17) is 4.74 Å². The third kappa shape index (κ3) is 2.04. The minimum Gasteiger partial charge on any atom is -0.409 e. The van der Waals surface area contributed by atoms with Crippen molar-refractivity contribution in [1.29, 1.82) is 0 Å². The van der Waals surface area contributed by atoms with Gasteiger partial charge in [-0.25, -0.2) is 9.78 Å². The Bertz CT molecular complexity index is 335. The zero-order valence-electron chi connectivity index (χ0n) is 7.44. The van der Waals surface area contributed by atoms with E-state index in [2.05, 4.69) is 20.9 Å². The van der Waals surface area contributed by atoms with Crippen LogP contribution in [0.5, 0.6) is 5.75 Å². The van der Waals surface area contributed by atoms with Gasteiger partial charge in [0, 0.05) is 13.1 Å². The van der Waals surface area contributed by atoms with Gasteiger partial charge in [-0.2, -0.15) is 0 Å². The molecule has 0 aliphatic carbocycles. The van der Waals surface area contributed by atoms with Crippen molar-refractivity contribution in [1.82, 2.24) is 9.88 Å². The van der Waals surface area contributed by atoms with Crippen molar-refractivity contribution in [2.45, 2.75) is 6.42 Å². The van der Waals surface area contributed by atoms with Crippen LogP contribution in [0.25, 0.3) is 0 Å². The molecule has 0 spiro atoms. The van der Waals surface area contributed by atoms with E-state index >= 15 is 0 Å². The topological polar surface area (TPSA) is 42.4 Å². The van der Waals surface area contributed by atoms with Gasteiger partial charge in [-0.15, -0.1) is 0 Å². The third-order valence-corrected chi connectivity index (χ3v) is 2.49. The lowest BCUT2D eigenvalue weighted by molar-refractivity contribution is 0.125. The molecule has 74 valence electrons. The normalized spacial score (nSPS) is 14.8. The second-order valence-electron chi connectivity index (χ2n) is 3.03. The minimum absolute atomic E-state index is 0.291. The molecule has 0 radical (unpaired) electrons. The van der Waals surface area contributed by atoms with E-state index in [1.807, 2.05) is 0 Å². The Kier molecular flexibility index (Phi) is 2.67. The lowest BCUT2D eigenvalue weighted by Gasteiger charge is -2.29. The number of pyridine rings is 1. The van der Waals surface area contributed by atoms with Crippen LogP contribution >= 0.6 is 15.9 Å². The van der Waals surface area contributed by atoms with E-state index in [0.717, 1.165) is 24.1 Å². The summed E-state index contributed by atoms with van der Waals surface area (Å²) in [6, 6.07) is 3.44. The molecule has 0 N–H and O–H groups in total. The van der Waals surface area contributed by atoms with E-state index in [9.17, 15) is 4.79 Å². The fourth-order valence-electron chi connectivity index (χ4n) is 1.09. The van der Waals surface area contributed by atoms with Crippen molar-refractivity contribution < 1.29 is 9.53 Å². The summed E-state index contributed by atoms with van der Waals surface area (Å²) in [4.78, 5) is 17.0. The van der Waals surface area contributed by atoms with E-state index < -0.39 is 0 Å². The van der Waals surface area contributed by atoms with Crippen LogP contribution in [0, 0.1) is 0 Å². The number of carbonyl (C=O) groups is 1. The summed E-state index contributed by atoms with van der Waals surface area (Å²) in [5.74, 6) is 0.477. The highest BCUT2D eigenvalue weighted by molar-refractivity contribution is 9.10. The summed E-state index contributed by atoms with van der Waals surface area (Å²) in [7, 11) is 0. The number of aromatic nitrogens is 1. The molecule has 2 rings (SSSR count). The fourth-order valence-corrected chi connectivity index (χ4v) is 1.32. The zero-order valence-corrected chi connectivity index (χ0v) is 9.03. The maximum absolute atomic E-state index is 11.3. The lowest BCUT2D eigenvalue weighted by atomic mass is 10.2. The van der Waals surface area contributed by atoms with Crippen LogP contribution in [0.1, 0.15) is 6.42 Å². The number of amides is 1. The second kappa shape index (κ2) is 3.96. The Morgan fingerprint density at radius 2 is 2.29 bits per heavy atom. The Labute approximate surface area is 90.0 Å². The first-order chi connectivity index (χ1) is 6.75. The number of likely N-dealkylation sites (tertiary alicyclic amines) is 1. The summed E-state index contributed by atoms with van der Waals surface area (Å²) < 4.78 is 5.80. The molecule has 5 heteroatoms. The van der Waals surface area contributed by atoms with Gasteiger partial charge in [0.05, 0.1) is 6.20 Å². The van der Waals surface area contributed by atoms with Gasteiger partial charge < -0.3 is 9.64 Å². The van der Waals surface area contributed by atoms with Crippen molar-refractivity contribution in [2.75, 3.05) is 13.1 Å². The smallest absolute Gasteiger partial charge is 0.409 e. The molecular formula is C9H9BrN2O2. The molecule has 1 fully saturated rings. The van der Waals surface area contributed by atoms with Gasteiger partial charge >= 0.3 is 6.09 Å². The first-order valence-corrected chi connectivity index (χ1v) is 5.13. The van der Waals surface area contributed by atoms with E-state index in [1.54, 1.807) is 17.0 Å². The van der Waals surface area contributed by atoms with Gasteiger partial charge in [0.15, 0.2) is 5.75 Å². The van der Waals surface area contributed by atoms with Crippen LogP contribution in [0.2, 0.25) is 0 Å².